The number of hydrogen-bond donors (Lipinski definition) is 3. The number of imidazole rings is 1. The SMILES string of the molecule is COc1ccc(CCC(C)NC2CCn3c(=O)[nH]c4cccc(c43)C2O)cc1. The van der Waals surface area contributed by atoms with Gasteiger partial charge in [-0.05, 0) is 49.9 Å². The third-order valence-corrected chi connectivity index (χ3v) is 5.71. The number of aliphatic hydroxyl groups is 1. The van der Waals surface area contributed by atoms with E-state index in [-0.39, 0.29) is 17.8 Å². The molecule has 0 saturated heterocycles. The predicted molar refractivity (Wildman–Crippen MR) is 110 cm³/mol. The Labute approximate surface area is 164 Å². The fourth-order valence-corrected chi connectivity index (χ4v) is 4.14. The van der Waals surface area contributed by atoms with Crippen LogP contribution in [0.3, 0.4) is 0 Å². The second-order valence-corrected chi connectivity index (χ2v) is 7.62. The van der Waals surface area contributed by atoms with Gasteiger partial charge in [-0.15, -0.1) is 0 Å². The number of aromatic amines is 1. The minimum absolute atomic E-state index is 0.0873. The molecule has 2 heterocycles. The largest absolute Gasteiger partial charge is 0.497 e. The molecule has 2 aromatic carbocycles. The highest BCUT2D eigenvalue weighted by molar-refractivity contribution is 5.79. The second kappa shape index (κ2) is 7.81. The molecule has 0 aliphatic carbocycles. The second-order valence-electron chi connectivity index (χ2n) is 7.62. The summed E-state index contributed by atoms with van der Waals surface area (Å²) in [5, 5.41) is 14.6. The van der Waals surface area contributed by atoms with Crippen molar-refractivity contribution < 1.29 is 9.84 Å². The normalized spacial score (nSPS) is 20.1. The van der Waals surface area contributed by atoms with E-state index in [4.69, 9.17) is 4.74 Å². The van der Waals surface area contributed by atoms with Crippen molar-refractivity contribution in [1.29, 1.82) is 0 Å². The first-order valence-electron chi connectivity index (χ1n) is 9.85. The number of para-hydroxylation sites is 1. The van der Waals surface area contributed by atoms with Crippen LogP contribution in [0.25, 0.3) is 11.0 Å². The average molecular weight is 381 g/mol. The molecule has 0 spiro atoms. The fourth-order valence-electron chi connectivity index (χ4n) is 4.14. The topological polar surface area (TPSA) is 79.3 Å². The minimum Gasteiger partial charge on any atom is -0.497 e. The number of H-pyrrole nitrogens is 1. The molecule has 0 bridgehead atoms. The first-order chi connectivity index (χ1) is 13.6. The third-order valence-electron chi connectivity index (χ3n) is 5.71. The van der Waals surface area contributed by atoms with Gasteiger partial charge in [-0.25, -0.2) is 4.79 Å². The number of aromatic nitrogens is 2. The maximum Gasteiger partial charge on any atom is 0.326 e. The highest BCUT2D eigenvalue weighted by atomic mass is 16.5. The summed E-state index contributed by atoms with van der Waals surface area (Å²) < 4.78 is 6.95. The van der Waals surface area contributed by atoms with Gasteiger partial charge in [0, 0.05) is 24.2 Å². The van der Waals surface area contributed by atoms with Crippen LogP contribution in [0.5, 0.6) is 5.75 Å². The van der Waals surface area contributed by atoms with Gasteiger partial charge in [0.05, 0.1) is 24.2 Å². The monoisotopic (exact) mass is 381 g/mol. The van der Waals surface area contributed by atoms with Gasteiger partial charge >= 0.3 is 5.69 Å². The number of benzene rings is 2. The lowest BCUT2D eigenvalue weighted by Crippen LogP contribution is -2.41. The molecule has 0 amide bonds. The van der Waals surface area contributed by atoms with Gasteiger partial charge < -0.3 is 20.1 Å². The number of aliphatic hydroxyl groups excluding tert-OH is 1. The van der Waals surface area contributed by atoms with Gasteiger partial charge in [-0.1, -0.05) is 24.3 Å². The highest BCUT2D eigenvalue weighted by Crippen LogP contribution is 2.30. The summed E-state index contributed by atoms with van der Waals surface area (Å²) in [6.45, 7) is 2.74. The van der Waals surface area contributed by atoms with Crippen molar-refractivity contribution in [2.45, 2.75) is 50.9 Å². The molecule has 3 N–H and O–H groups in total. The third kappa shape index (κ3) is 3.57. The van der Waals surface area contributed by atoms with Gasteiger partial charge in [0.1, 0.15) is 5.75 Å². The Hall–Kier alpha value is -2.57. The molecule has 1 aromatic heterocycles. The Bertz CT molecular complexity index is 1010. The minimum atomic E-state index is -0.643. The summed E-state index contributed by atoms with van der Waals surface area (Å²) in [5.74, 6) is 0.865. The van der Waals surface area contributed by atoms with Crippen LogP contribution in [0.2, 0.25) is 0 Å². The van der Waals surface area contributed by atoms with Crippen molar-refractivity contribution >= 4 is 11.0 Å². The van der Waals surface area contributed by atoms with Crippen molar-refractivity contribution in [3.05, 3.63) is 64.1 Å². The van der Waals surface area contributed by atoms with Gasteiger partial charge in [0.2, 0.25) is 0 Å². The zero-order chi connectivity index (χ0) is 19.7. The molecule has 0 saturated carbocycles. The maximum atomic E-state index is 12.2. The van der Waals surface area contributed by atoms with Crippen LogP contribution < -0.4 is 15.7 Å². The van der Waals surface area contributed by atoms with Crippen molar-refractivity contribution in [2.75, 3.05) is 7.11 Å². The number of ether oxygens (including phenoxy) is 1. The fraction of sp³-hybridized carbons (Fsp3) is 0.409. The van der Waals surface area contributed by atoms with Crippen LogP contribution in [0.1, 0.15) is 37.0 Å². The Morgan fingerprint density at radius 2 is 2.07 bits per heavy atom. The molecular weight excluding hydrogens is 354 g/mol. The van der Waals surface area contributed by atoms with Crippen LogP contribution in [-0.4, -0.2) is 33.9 Å². The Morgan fingerprint density at radius 1 is 1.29 bits per heavy atom. The summed E-state index contributed by atoms with van der Waals surface area (Å²) in [5.41, 5.74) is 3.59. The molecule has 6 heteroatoms. The molecule has 6 nitrogen and oxygen atoms in total. The first kappa shape index (κ1) is 18.8. The zero-order valence-corrected chi connectivity index (χ0v) is 16.3. The van der Waals surface area contributed by atoms with Crippen molar-refractivity contribution in [2.24, 2.45) is 0 Å². The summed E-state index contributed by atoms with van der Waals surface area (Å²) in [7, 11) is 1.67. The molecule has 1 aliphatic heterocycles. The first-order valence-corrected chi connectivity index (χ1v) is 9.85. The number of nitrogens with zero attached hydrogens (tertiary/aromatic N) is 1. The van der Waals surface area contributed by atoms with Gasteiger partial charge in [-0.3, -0.25) is 4.57 Å². The zero-order valence-electron chi connectivity index (χ0n) is 16.3. The Kier molecular flexibility index (Phi) is 5.24. The number of methoxy groups -OCH3 is 1. The van der Waals surface area contributed by atoms with Crippen molar-refractivity contribution in [1.82, 2.24) is 14.9 Å². The molecule has 3 aromatic rings. The molecule has 0 radical (unpaired) electrons. The molecule has 3 atom stereocenters. The average Bonchev–Trinajstić information content (AvgIpc) is 2.96. The molecule has 3 unspecified atom stereocenters. The van der Waals surface area contributed by atoms with E-state index < -0.39 is 6.10 Å². The molecular formula is C22H27N3O3. The van der Waals surface area contributed by atoms with E-state index >= 15 is 0 Å². The summed E-state index contributed by atoms with van der Waals surface area (Å²) >= 11 is 0. The lowest BCUT2D eigenvalue weighted by Gasteiger charge is -2.26. The van der Waals surface area contributed by atoms with Crippen LogP contribution in [-0.2, 0) is 13.0 Å². The number of aryl methyl sites for hydroxylation is 2. The molecule has 4 rings (SSSR count). The Morgan fingerprint density at radius 3 is 2.82 bits per heavy atom. The van der Waals surface area contributed by atoms with E-state index in [1.807, 2.05) is 30.3 Å². The van der Waals surface area contributed by atoms with E-state index in [0.29, 0.717) is 13.0 Å². The highest BCUT2D eigenvalue weighted by Gasteiger charge is 2.29. The molecule has 28 heavy (non-hydrogen) atoms. The lowest BCUT2D eigenvalue weighted by atomic mass is 9.98. The van der Waals surface area contributed by atoms with E-state index in [2.05, 4.69) is 29.4 Å². The van der Waals surface area contributed by atoms with Crippen LogP contribution in [0.4, 0.5) is 0 Å². The molecule has 1 aliphatic rings. The summed E-state index contributed by atoms with van der Waals surface area (Å²) in [6, 6.07) is 14.0. The quantitative estimate of drug-likeness (QED) is 0.613. The summed E-state index contributed by atoms with van der Waals surface area (Å²) in [4.78, 5) is 15.1. The number of rotatable bonds is 6. The van der Waals surface area contributed by atoms with Gasteiger partial charge in [0.25, 0.3) is 0 Å². The van der Waals surface area contributed by atoms with Crippen molar-refractivity contribution in [3.63, 3.8) is 0 Å². The van der Waals surface area contributed by atoms with E-state index in [0.717, 1.165) is 35.2 Å². The smallest absolute Gasteiger partial charge is 0.326 e. The van der Waals surface area contributed by atoms with Crippen LogP contribution in [0.15, 0.2) is 47.3 Å². The van der Waals surface area contributed by atoms with Gasteiger partial charge in [-0.2, -0.15) is 0 Å². The molecule has 0 fully saturated rings. The van der Waals surface area contributed by atoms with Crippen molar-refractivity contribution in [3.8, 4) is 5.75 Å². The van der Waals surface area contributed by atoms with Crippen LogP contribution in [0, 0.1) is 0 Å². The lowest BCUT2D eigenvalue weighted by molar-refractivity contribution is 0.119. The van der Waals surface area contributed by atoms with E-state index in [1.54, 1.807) is 11.7 Å². The van der Waals surface area contributed by atoms with E-state index in [9.17, 15) is 9.90 Å². The number of nitrogens with one attached hydrogen (secondary N) is 2. The van der Waals surface area contributed by atoms with E-state index in [1.165, 1.54) is 5.56 Å². The standard InChI is InChI=1S/C22H27N3O3/c1-14(6-7-15-8-10-16(28-2)11-9-15)23-19-12-13-25-20-17(21(19)26)4-3-5-18(20)24-22(25)27/h3-5,8-11,14,19,21,23,26H,6-7,12-13H2,1-2H3,(H,24,27). The predicted octanol–water partition coefficient (Wildman–Crippen LogP) is 2.75. The maximum absolute atomic E-state index is 12.2. The Balaban J connectivity index is 1.44. The summed E-state index contributed by atoms with van der Waals surface area (Å²) in [6.07, 6.45) is 1.98. The van der Waals surface area contributed by atoms with Gasteiger partial charge in [0.15, 0.2) is 0 Å². The number of hydrogen-bond acceptors (Lipinski definition) is 4. The molecule has 148 valence electrons. The van der Waals surface area contributed by atoms with Crippen LogP contribution >= 0.6 is 0 Å².